The molecule has 2 aromatic rings. The number of benzene rings is 2. The Labute approximate surface area is 146 Å². The highest BCUT2D eigenvalue weighted by Crippen LogP contribution is 2.51. The van der Waals surface area contributed by atoms with Gasteiger partial charge in [-0.05, 0) is 37.1 Å². The van der Waals surface area contributed by atoms with Crippen LogP contribution < -0.4 is 9.47 Å². The summed E-state index contributed by atoms with van der Waals surface area (Å²) in [7, 11) is 1.63. The van der Waals surface area contributed by atoms with Crippen LogP contribution in [0.25, 0.3) is 0 Å². The monoisotopic (exact) mass is 344 g/mol. The molecule has 1 saturated carbocycles. The third kappa shape index (κ3) is 4.29. The number of carbonyl (C=O) groups is 1. The second-order valence-electron chi connectivity index (χ2n) is 6.21. The summed E-state index contributed by atoms with van der Waals surface area (Å²) in [4.78, 5) is 12.3. The molecule has 1 aliphatic rings. The Morgan fingerprint density at radius 3 is 2.80 bits per heavy atom. The maximum atomic E-state index is 13.1. The normalized spacial score (nSPS) is 19.8. The fourth-order valence-electron chi connectivity index (χ4n) is 2.86. The first kappa shape index (κ1) is 17.3. The van der Waals surface area contributed by atoms with Gasteiger partial charge in [-0.1, -0.05) is 24.3 Å². The predicted molar refractivity (Wildman–Crippen MR) is 91.3 cm³/mol. The van der Waals surface area contributed by atoms with Crippen molar-refractivity contribution in [1.29, 1.82) is 0 Å². The van der Waals surface area contributed by atoms with E-state index in [1.54, 1.807) is 26.2 Å². The van der Waals surface area contributed by atoms with E-state index in [1.807, 2.05) is 24.3 Å². The first-order chi connectivity index (χ1) is 12.1. The molecule has 0 N–H and O–H groups in total. The largest absolute Gasteiger partial charge is 0.496 e. The Kier molecular flexibility index (Phi) is 5.22. The van der Waals surface area contributed by atoms with E-state index in [0.717, 1.165) is 17.7 Å². The number of hydrogen-bond donors (Lipinski definition) is 0. The lowest BCUT2D eigenvalue weighted by Gasteiger charge is -2.15. The van der Waals surface area contributed by atoms with Crippen molar-refractivity contribution in [2.45, 2.75) is 25.4 Å². The molecule has 5 heteroatoms. The number of halogens is 1. The van der Waals surface area contributed by atoms with Gasteiger partial charge in [-0.25, -0.2) is 4.39 Å². The molecule has 0 bridgehead atoms. The van der Waals surface area contributed by atoms with Gasteiger partial charge in [0, 0.05) is 12.0 Å². The van der Waals surface area contributed by atoms with Crippen LogP contribution >= 0.6 is 0 Å². The van der Waals surface area contributed by atoms with E-state index in [-0.39, 0.29) is 30.2 Å². The van der Waals surface area contributed by atoms with Crippen molar-refractivity contribution in [3.63, 3.8) is 0 Å². The number of ether oxygens (including phenoxy) is 3. The predicted octanol–water partition coefficient (Wildman–Crippen LogP) is 3.95. The third-order valence-electron chi connectivity index (χ3n) is 4.23. The van der Waals surface area contributed by atoms with Gasteiger partial charge in [0.25, 0.3) is 0 Å². The minimum absolute atomic E-state index is 0.139. The van der Waals surface area contributed by atoms with Crippen molar-refractivity contribution in [3.05, 3.63) is 59.9 Å². The molecule has 0 heterocycles. The lowest BCUT2D eigenvalue weighted by Crippen LogP contribution is -2.23. The maximum Gasteiger partial charge on any atom is 0.309 e. The van der Waals surface area contributed by atoms with Crippen LogP contribution in [-0.4, -0.2) is 25.8 Å². The molecule has 0 aromatic heterocycles. The van der Waals surface area contributed by atoms with Gasteiger partial charge in [0.1, 0.15) is 30.0 Å². The summed E-state index contributed by atoms with van der Waals surface area (Å²) in [6, 6.07) is 13.6. The van der Waals surface area contributed by atoms with Gasteiger partial charge in [-0.2, -0.15) is 0 Å². The molecule has 132 valence electrons. The summed E-state index contributed by atoms with van der Waals surface area (Å²) < 4.78 is 29.4. The highest BCUT2D eigenvalue weighted by atomic mass is 19.1. The summed E-state index contributed by atoms with van der Waals surface area (Å²) in [5, 5.41) is 0. The number of rotatable bonds is 7. The van der Waals surface area contributed by atoms with E-state index in [0.29, 0.717) is 5.75 Å². The number of esters is 1. The molecule has 3 rings (SSSR count). The molecule has 2 aromatic carbocycles. The molecule has 0 aliphatic heterocycles. The van der Waals surface area contributed by atoms with Gasteiger partial charge in [0.15, 0.2) is 0 Å². The van der Waals surface area contributed by atoms with Gasteiger partial charge in [-0.3, -0.25) is 4.79 Å². The third-order valence-corrected chi connectivity index (χ3v) is 4.23. The minimum atomic E-state index is -0.408. The SMILES string of the molecule is COc1ccccc1C1CC1C(=O)OC(C)COc1cccc(F)c1. The Morgan fingerprint density at radius 1 is 1.24 bits per heavy atom. The topological polar surface area (TPSA) is 44.8 Å². The molecular formula is C20H21FO4. The van der Waals surface area contributed by atoms with Gasteiger partial charge in [-0.15, -0.1) is 0 Å². The van der Waals surface area contributed by atoms with Crippen LogP contribution in [0, 0.1) is 11.7 Å². The number of hydrogen-bond acceptors (Lipinski definition) is 4. The molecule has 25 heavy (non-hydrogen) atoms. The first-order valence-electron chi connectivity index (χ1n) is 8.30. The second kappa shape index (κ2) is 7.55. The van der Waals surface area contributed by atoms with Crippen LogP contribution in [0.3, 0.4) is 0 Å². The standard InChI is InChI=1S/C20H21FO4/c1-13(12-24-15-7-5-6-14(21)10-15)25-20(22)18-11-17(18)16-8-3-4-9-19(16)23-2/h3-10,13,17-18H,11-12H2,1-2H3. The molecule has 0 spiro atoms. The Hall–Kier alpha value is -2.56. The average Bonchev–Trinajstić information content (AvgIpc) is 3.41. The first-order valence-corrected chi connectivity index (χ1v) is 8.30. The van der Waals surface area contributed by atoms with Crippen molar-refractivity contribution in [2.75, 3.05) is 13.7 Å². The van der Waals surface area contributed by atoms with E-state index in [4.69, 9.17) is 14.2 Å². The van der Waals surface area contributed by atoms with Crippen molar-refractivity contribution in [1.82, 2.24) is 0 Å². The molecule has 0 radical (unpaired) electrons. The van der Waals surface area contributed by atoms with Gasteiger partial charge >= 0.3 is 5.97 Å². The van der Waals surface area contributed by atoms with Crippen LogP contribution in [0.1, 0.15) is 24.8 Å². The lowest BCUT2D eigenvalue weighted by atomic mass is 10.1. The van der Waals surface area contributed by atoms with Crippen LogP contribution in [0.4, 0.5) is 4.39 Å². The summed E-state index contributed by atoms with van der Waals surface area (Å²) in [5.74, 6) is 0.616. The van der Waals surface area contributed by atoms with Crippen LogP contribution in [-0.2, 0) is 9.53 Å². The van der Waals surface area contributed by atoms with Crippen LogP contribution in [0.15, 0.2) is 48.5 Å². The molecule has 0 saturated heterocycles. The van der Waals surface area contributed by atoms with E-state index in [9.17, 15) is 9.18 Å². The number of carbonyl (C=O) groups excluding carboxylic acids is 1. The van der Waals surface area contributed by atoms with Gasteiger partial charge < -0.3 is 14.2 Å². The van der Waals surface area contributed by atoms with E-state index in [1.165, 1.54) is 12.1 Å². The van der Waals surface area contributed by atoms with Crippen molar-refractivity contribution >= 4 is 5.97 Å². The smallest absolute Gasteiger partial charge is 0.309 e. The molecule has 1 aliphatic carbocycles. The lowest BCUT2D eigenvalue weighted by molar-refractivity contribution is -0.151. The van der Waals surface area contributed by atoms with Crippen molar-refractivity contribution in [3.8, 4) is 11.5 Å². The van der Waals surface area contributed by atoms with Crippen LogP contribution in [0.2, 0.25) is 0 Å². The number of para-hydroxylation sites is 1. The van der Waals surface area contributed by atoms with Crippen molar-refractivity contribution < 1.29 is 23.4 Å². The Morgan fingerprint density at radius 2 is 2.04 bits per heavy atom. The molecule has 1 fully saturated rings. The van der Waals surface area contributed by atoms with E-state index < -0.39 is 6.10 Å². The molecular weight excluding hydrogens is 323 g/mol. The number of methoxy groups -OCH3 is 1. The fraction of sp³-hybridized carbons (Fsp3) is 0.350. The Balaban J connectivity index is 1.49. The molecule has 3 atom stereocenters. The second-order valence-corrected chi connectivity index (χ2v) is 6.21. The minimum Gasteiger partial charge on any atom is -0.496 e. The fourth-order valence-corrected chi connectivity index (χ4v) is 2.86. The van der Waals surface area contributed by atoms with Gasteiger partial charge in [0.05, 0.1) is 13.0 Å². The van der Waals surface area contributed by atoms with Crippen LogP contribution in [0.5, 0.6) is 11.5 Å². The summed E-state index contributed by atoms with van der Waals surface area (Å²) >= 11 is 0. The zero-order chi connectivity index (χ0) is 17.8. The molecule has 4 nitrogen and oxygen atoms in total. The summed E-state index contributed by atoms with van der Waals surface area (Å²) in [6.45, 7) is 1.94. The van der Waals surface area contributed by atoms with E-state index in [2.05, 4.69) is 0 Å². The quantitative estimate of drug-likeness (QED) is 0.714. The zero-order valence-corrected chi connectivity index (χ0v) is 14.3. The molecule has 3 unspecified atom stereocenters. The Bertz CT molecular complexity index is 746. The summed E-state index contributed by atoms with van der Waals surface area (Å²) in [5.41, 5.74) is 1.04. The maximum absolute atomic E-state index is 13.1. The summed E-state index contributed by atoms with van der Waals surface area (Å²) in [6.07, 6.45) is 0.353. The molecule has 0 amide bonds. The van der Waals surface area contributed by atoms with Gasteiger partial charge in [0.2, 0.25) is 0 Å². The van der Waals surface area contributed by atoms with Crippen molar-refractivity contribution in [2.24, 2.45) is 5.92 Å². The average molecular weight is 344 g/mol. The highest BCUT2D eigenvalue weighted by Gasteiger charge is 2.46. The zero-order valence-electron chi connectivity index (χ0n) is 14.3. The van der Waals surface area contributed by atoms with E-state index >= 15 is 0 Å². The highest BCUT2D eigenvalue weighted by molar-refractivity contribution is 5.78.